The fourth-order valence-electron chi connectivity index (χ4n) is 2.70. The summed E-state index contributed by atoms with van der Waals surface area (Å²) < 4.78 is 0. The molecule has 0 aliphatic carbocycles. The Hall–Kier alpha value is -2.13. The Morgan fingerprint density at radius 2 is 2.04 bits per heavy atom. The molecule has 6 N–H and O–H groups in total. The van der Waals surface area contributed by atoms with Crippen molar-refractivity contribution in [1.29, 1.82) is 0 Å². The average molecular weight is 409 g/mol. The van der Waals surface area contributed by atoms with Crippen LogP contribution in [0.5, 0.6) is 0 Å². The number of carbonyl (C=O) groups excluding carboxylic acids is 1. The van der Waals surface area contributed by atoms with Crippen molar-refractivity contribution in [1.82, 2.24) is 15.3 Å². The highest BCUT2D eigenvalue weighted by Gasteiger charge is 2.23. The molecule has 0 atom stereocenters. The zero-order valence-electron chi connectivity index (χ0n) is 13.3. The lowest BCUT2D eigenvalue weighted by Gasteiger charge is -2.28. The predicted molar refractivity (Wildman–Crippen MR) is 106 cm³/mol. The molecular weight excluding hydrogens is 395 g/mol. The molecule has 1 aromatic carbocycles. The number of nitrogens with zero attached hydrogens (tertiary/aromatic N) is 2. The standard InChI is InChI=1S/C16H14Cl2N6OS/c17-8-2-1-6(3-9(8)18)12-10-11(19)13(14(20)25)26-15(10)24-16(23-12)22-7-4-21-5-7/h1-3,7,21H,4-5,19H2,(H2,20,25)(H,22,23,24). The van der Waals surface area contributed by atoms with E-state index in [-0.39, 0.29) is 16.6 Å². The van der Waals surface area contributed by atoms with Crippen LogP contribution in [-0.2, 0) is 0 Å². The van der Waals surface area contributed by atoms with E-state index in [1.54, 1.807) is 18.2 Å². The van der Waals surface area contributed by atoms with E-state index in [9.17, 15) is 4.79 Å². The zero-order chi connectivity index (χ0) is 18.4. The highest BCUT2D eigenvalue weighted by atomic mass is 35.5. The number of thiophene rings is 1. The van der Waals surface area contributed by atoms with E-state index >= 15 is 0 Å². The first-order chi connectivity index (χ1) is 12.4. The van der Waals surface area contributed by atoms with Gasteiger partial charge in [0.15, 0.2) is 0 Å². The topological polar surface area (TPSA) is 119 Å². The van der Waals surface area contributed by atoms with Crippen LogP contribution >= 0.6 is 34.5 Å². The van der Waals surface area contributed by atoms with Crippen LogP contribution in [0.3, 0.4) is 0 Å². The lowest BCUT2D eigenvalue weighted by atomic mass is 10.1. The number of carbonyl (C=O) groups is 1. The molecule has 134 valence electrons. The highest BCUT2D eigenvalue weighted by Crippen LogP contribution is 2.40. The third kappa shape index (κ3) is 2.95. The Kier molecular flexibility index (Phi) is 4.36. The van der Waals surface area contributed by atoms with Gasteiger partial charge in [-0.15, -0.1) is 11.3 Å². The molecular formula is C16H14Cl2N6OS. The van der Waals surface area contributed by atoms with E-state index in [1.165, 1.54) is 0 Å². The first kappa shape index (κ1) is 17.3. The number of halogens is 2. The third-order valence-electron chi connectivity index (χ3n) is 4.12. The van der Waals surface area contributed by atoms with Crippen molar-refractivity contribution in [3.05, 3.63) is 33.1 Å². The number of aromatic nitrogens is 2. The second kappa shape index (κ2) is 6.55. The van der Waals surface area contributed by atoms with Crippen LogP contribution in [0, 0.1) is 0 Å². The number of nitrogen functional groups attached to an aromatic ring is 1. The third-order valence-corrected chi connectivity index (χ3v) is 5.97. The Balaban J connectivity index is 1.94. The smallest absolute Gasteiger partial charge is 0.260 e. The zero-order valence-corrected chi connectivity index (χ0v) is 15.7. The molecule has 4 rings (SSSR count). The van der Waals surface area contributed by atoms with E-state index in [4.69, 9.17) is 34.7 Å². The van der Waals surface area contributed by atoms with Crippen LogP contribution in [0.4, 0.5) is 11.6 Å². The van der Waals surface area contributed by atoms with Gasteiger partial charge in [-0.25, -0.2) is 9.97 Å². The number of hydrogen-bond acceptors (Lipinski definition) is 7. The van der Waals surface area contributed by atoms with Gasteiger partial charge in [0.25, 0.3) is 5.91 Å². The van der Waals surface area contributed by atoms with Gasteiger partial charge in [-0.05, 0) is 12.1 Å². The molecule has 0 bridgehead atoms. The van der Waals surface area contributed by atoms with Crippen LogP contribution in [0.25, 0.3) is 21.5 Å². The van der Waals surface area contributed by atoms with Gasteiger partial charge in [-0.1, -0.05) is 29.3 Å². The van der Waals surface area contributed by atoms with Gasteiger partial charge in [-0.2, -0.15) is 0 Å². The van der Waals surface area contributed by atoms with Crippen molar-refractivity contribution in [2.75, 3.05) is 24.1 Å². The number of amides is 1. The van der Waals surface area contributed by atoms with Gasteiger partial charge in [0.1, 0.15) is 9.71 Å². The maximum Gasteiger partial charge on any atom is 0.260 e. The number of primary amides is 1. The SMILES string of the molecule is NC(=O)c1sc2nc(NC3CNC3)nc(-c3ccc(Cl)c(Cl)c3)c2c1N. The molecule has 3 aromatic rings. The first-order valence-corrected chi connectivity index (χ1v) is 9.33. The normalized spacial score (nSPS) is 14.4. The Morgan fingerprint density at radius 3 is 2.65 bits per heavy atom. The van der Waals surface area contributed by atoms with Gasteiger partial charge in [0.2, 0.25) is 5.95 Å². The van der Waals surface area contributed by atoms with Crippen LogP contribution < -0.4 is 22.1 Å². The summed E-state index contributed by atoms with van der Waals surface area (Å²) in [5, 5.41) is 7.87. The number of rotatable bonds is 4. The molecule has 1 amide bonds. The molecule has 3 heterocycles. The average Bonchev–Trinajstić information content (AvgIpc) is 2.90. The van der Waals surface area contributed by atoms with Crippen LogP contribution in [0.1, 0.15) is 9.67 Å². The Bertz CT molecular complexity index is 1030. The number of benzene rings is 1. The molecule has 0 unspecified atom stereocenters. The van der Waals surface area contributed by atoms with E-state index in [2.05, 4.69) is 20.6 Å². The predicted octanol–water partition coefficient (Wildman–Crippen LogP) is 2.73. The molecule has 10 heteroatoms. The highest BCUT2D eigenvalue weighted by molar-refractivity contribution is 7.21. The molecule has 26 heavy (non-hydrogen) atoms. The summed E-state index contributed by atoms with van der Waals surface area (Å²) in [5.41, 5.74) is 13.2. The number of hydrogen-bond donors (Lipinski definition) is 4. The fourth-order valence-corrected chi connectivity index (χ4v) is 3.94. The number of nitrogens with two attached hydrogens (primary N) is 2. The first-order valence-electron chi connectivity index (χ1n) is 7.76. The van der Waals surface area contributed by atoms with Crippen LogP contribution in [-0.4, -0.2) is 35.0 Å². The van der Waals surface area contributed by atoms with E-state index < -0.39 is 5.91 Å². The second-order valence-corrected chi connectivity index (χ2v) is 7.73. The van der Waals surface area contributed by atoms with Crippen molar-refractivity contribution in [3.8, 4) is 11.3 Å². The van der Waals surface area contributed by atoms with Crippen LogP contribution in [0.2, 0.25) is 10.0 Å². The maximum atomic E-state index is 11.7. The number of anilines is 2. The fraction of sp³-hybridized carbons (Fsp3) is 0.188. The minimum absolute atomic E-state index is 0.252. The van der Waals surface area contributed by atoms with E-state index in [0.717, 1.165) is 30.0 Å². The molecule has 0 spiro atoms. The quantitative estimate of drug-likeness (QED) is 0.526. The van der Waals surface area contributed by atoms with Gasteiger partial charge in [-0.3, -0.25) is 4.79 Å². The Morgan fingerprint density at radius 1 is 1.27 bits per heavy atom. The molecule has 2 aromatic heterocycles. The van der Waals surface area contributed by atoms with Gasteiger partial charge < -0.3 is 22.1 Å². The summed E-state index contributed by atoms with van der Waals surface area (Å²) in [5.74, 6) is -0.134. The summed E-state index contributed by atoms with van der Waals surface area (Å²) in [6.07, 6.45) is 0. The lowest BCUT2D eigenvalue weighted by molar-refractivity contribution is 0.100. The minimum Gasteiger partial charge on any atom is -0.397 e. The molecule has 1 fully saturated rings. The van der Waals surface area contributed by atoms with Crippen molar-refractivity contribution in [2.24, 2.45) is 5.73 Å². The minimum atomic E-state index is -0.594. The molecule has 1 aliphatic rings. The van der Waals surface area contributed by atoms with Crippen LogP contribution in [0.15, 0.2) is 18.2 Å². The Labute approximate surface area is 162 Å². The second-order valence-electron chi connectivity index (χ2n) is 5.91. The van der Waals surface area contributed by atoms with Gasteiger partial charge in [0, 0.05) is 18.7 Å². The van der Waals surface area contributed by atoms with Crippen molar-refractivity contribution in [2.45, 2.75) is 6.04 Å². The largest absolute Gasteiger partial charge is 0.397 e. The maximum absolute atomic E-state index is 11.7. The van der Waals surface area contributed by atoms with E-state index in [0.29, 0.717) is 31.9 Å². The van der Waals surface area contributed by atoms with Gasteiger partial charge in [0.05, 0.1) is 32.9 Å². The number of nitrogens with one attached hydrogen (secondary N) is 2. The van der Waals surface area contributed by atoms with E-state index in [1.807, 2.05) is 0 Å². The monoisotopic (exact) mass is 408 g/mol. The summed E-state index contributed by atoms with van der Waals surface area (Å²) in [6, 6.07) is 5.45. The number of fused-ring (bicyclic) bond motifs is 1. The lowest BCUT2D eigenvalue weighted by Crippen LogP contribution is -2.51. The molecule has 1 aliphatic heterocycles. The molecule has 1 saturated heterocycles. The van der Waals surface area contributed by atoms with Crippen molar-refractivity contribution < 1.29 is 4.79 Å². The van der Waals surface area contributed by atoms with Gasteiger partial charge >= 0.3 is 0 Å². The summed E-state index contributed by atoms with van der Waals surface area (Å²) in [7, 11) is 0. The van der Waals surface area contributed by atoms with Crippen molar-refractivity contribution >= 4 is 62.3 Å². The van der Waals surface area contributed by atoms with Crippen molar-refractivity contribution in [3.63, 3.8) is 0 Å². The summed E-state index contributed by atoms with van der Waals surface area (Å²) in [6.45, 7) is 1.67. The molecule has 7 nitrogen and oxygen atoms in total. The molecule has 0 saturated carbocycles. The summed E-state index contributed by atoms with van der Waals surface area (Å²) >= 11 is 13.3. The summed E-state index contributed by atoms with van der Waals surface area (Å²) in [4.78, 5) is 21.7. The molecule has 0 radical (unpaired) electrons.